The van der Waals surface area contributed by atoms with Gasteiger partial charge in [-0.2, -0.15) is 0 Å². The summed E-state index contributed by atoms with van der Waals surface area (Å²) in [4.78, 5) is 20.1. The van der Waals surface area contributed by atoms with E-state index in [1.807, 2.05) is 13.8 Å². The van der Waals surface area contributed by atoms with Gasteiger partial charge in [-0.15, -0.1) is 0 Å². The first-order valence-electron chi connectivity index (χ1n) is 4.25. The molecule has 0 spiro atoms. The topological polar surface area (TPSA) is 52.6 Å². The fraction of sp³-hybridized carbons (Fsp3) is 0.750. The van der Waals surface area contributed by atoms with Crippen molar-refractivity contribution in [3.8, 4) is 0 Å². The number of carbonyl (C=O) groups is 2. The molecule has 92 valence electrons. The zero-order valence-corrected chi connectivity index (χ0v) is 13.1. The average molecular weight is 375 g/mol. The molecule has 4 nitrogen and oxygen atoms in total. The van der Waals surface area contributed by atoms with Gasteiger partial charge in [0.2, 0.25) is 0 Å². The van der Waals surface area contributed by atoms with Gasteiger partial charge in [0.1, 0.15) is 23.7 Å². The molecule has 0 aliphatic heterocycles. The number of halogens is 2. The predicted molar refractivity (Wildman–Crippen MR) is 62.3 cm³/mol. The van der Waals surface area contributed by atoms with Crippen LogP contribution in [0.1, 0.15) is 39.5 Å². The summed E-state index contributed by atoms with van der Waals surface area (Å²) in [5.41, 5.74) is 0. The predicted octanol–water partition coefficient (Wildman–Crippen LogP) is 2.05. The van der Waals surface area contributed by atoms with Crippen molar-refractivity contribution in [2.75, 3.05) is 0 Å². The van der Waals surface area contributed by atoms with Crippen LogP contribution >= 0.6 is 23.7 Å². The van der Waals surface area contributed by atoms with Crippen LogP contribution in [0.3, 0.4) is 0 Å². The van der Waals surface area contributed by atoms with Gasteiger partial charge in [0.15, 0.2) is 0 Å². The Morgan fingerprint density at radius 2 is 1.20 bits per heavy atom. The molecule has 0 saturated heterocycles. The Hall–Kier alpha value is 0.310. The summed E-state index contributed by atoms with van der Waals surface area (Å²) < 4.78 is 7.65. The van der Waals surface area contributed by atoms with E-state index in [0.29, 0.717) is 12.8 Å². The molecular formula is C8H16Cl2O4Te. The molecule has 7 heteroatoms. The minimum absolute atomic E-state index is 0. The van der Waals surface area contributed by atoms with Gasteiger partial charge in [0, 0.05) is 12.8 Å². The summed E-state index contributed by atoms with van der Waals surface area (Å²) >= 11 is 9.36. The fourth-order valence-corrected chi connectivity index (χ4v) is 0.640. The zero-order chi connectivity index (χ0) is 11.4. The molecule has 0 unspecified atom stereocenters. The molecule has 0 aliphatic carbocycles. The molecular weight excluding hydrogens is 359 g/mol. The Bertz CT molecular complexity index is 149. The van der Waals surface area contributed by atoms with E-state index in [1.54, 1.807) is 0 Å². The van der Waals surface area contributed by atoms with Gasteiger partial charge in [0.05, 0.1) is 0 Å². The normalized spacial score (nSPS) is 7.73. The summed E-state index contributed by atoms with van der Waals surface area (Å²) in [5.74, 6) is -0.715. The van der Waals surface area contributed by atoms with Gasteiger partial charge >= 0.3 is 35.6 Å². The van der Waals surface area contributed by atoms with Crippen LogP contribution in [0.2, 0.25) is 0 Å². The van der Waals surface area contributed by atoms with Crippen LogP contribution in [0, 0.1) is 0 Å². The molecule has 0 atom stereocenters. The van der Waals surface area contributed by atoms with E-state index < -0.39 is 0 Å². The molecule has 0 aromatic carbocycles. The van der Waals surface area contributed by atoms with E-state index in [1.165, 1.54) is 0 Å². The second kappa shape index (κ2) is 16.7. The third-order valence-corrected chi connectivity index (χ3v) is 1.42. The first-order valence-corrected chi connectivity index (χ1v) is 4.86. The Kier molecular flexibility index (Phi) is 23.1. The van der Waals surface area contributed by atoms with E-state index >= 15 is 0 Å². The van der Waals surface area contributed by atoms with Crippen molar-refractivity contribution in [3.05, 3.63) is 0 Å². The quantitative estimate of drug-likeness (QED) is 0.707. The molecule has 15 heavy (non-hydrogen) atoms. The van der Waals surface area contributed by atoms with Crippen molar-refractivity contribution >= 4 is 59.3 Å². The Morgan fingerprint density at radius 3 is 1.27 bits per heavy atom. The van der Waals surface area contributed by atoms with Crippen molar-refractivity contribution in [3.63, 3.8) is 0 Å². The van der Waals surface area contributed by atoms with Crippen LogP contribution in [0.15, 0.2) is 0 Å². The fourth-order valence-electron chi connectivity index (χ4n) is 0.485. The number of hydrogen-bond acceptors (Lipinski definition) is 4. The van der Waals surface area contributed by atoms with Crippen molar-refractivity contribution in [1.29, 1.82) is 0 Å². The van der Waals surface area contributed by atoms with Crippen LogP contribution in [0.5, 0.6) is 0 Å². The molecule has 0 aromatic rings. The Morgan fingerprint density at radius 1 is 0.933 bits per heavy atom. The summed E-state index contributed by atoms with van der Waals surface area (Å²) in [7, 11) is 0. The first kappa shape index (κ1) is 20.7. The molecule has 0 aliphatic rings. The minimum atomic E-state index is -0.357. The van der Waals surface area contributed by atoms with E-state index in [-0.39, 0.29) is 35.6 Å². The summed E-state index contributed by atoms with van der Waals surface area (Å²) in [5, 5.41) is 0. The van der Waals surface area contributed by atoms with Gasteiger partial charge in [0.25, 0.3) is 0 Å². The summed E-state index contributed by atoms with van der Waals surface area (Å²) in [6.45, 7) is 3.77. The van der Waals surface area contributed by atoms with E-state index in [2.05, 4.69) is 32.3 Å². The first-order chi connectivity index (χ1) is 6.62. The maximum atomic E-state index is 10.1. The van der Waals surface area contributed by atoms with Crippen molar-refractivity contribution in [2.24, 2.45) is 0 Å². The van der Waals surface area contributed by atoms with Crippen LogP contribution in [0.4, 0.5) is 0 Å². The van der Waals surface area contributed by atoms with Crippen LogP contribution < -0.4 is 0 Å². The second-order valence-corrected chi connectivity index (χ2v) is 2.71. The van der Waals surface area contributed by atoms with E-state index in [4.69, 9.17) is 0 Å². The van der Waals surface area contributed by atoms with Crippen molar-refractivity contribution < 1.29 is 18.2 Å². The van der Waals surface area contributed by atoms with Gasteiger partial charge in [-0.3, -0.25) is 9.59 Å². The molecule has 0 radical (unpaired) electrons. The average Bonchev–Trinajstić information content (AvgIpc) is 2.19. The van der Waals surface area contributed by atoms with Gasteiger partial charge in [-0.1, -0.05) is 13.8 Å². The molecule has 0 bridgehead atoms. The number of hydrogen-bond donors (Lipinski definition) is 0. The van der Waals surface area contributed by atoms with Crippen LogP contribution in [-0.2, 0) is 18.2 Å². The second-order valence-electron chi connectivity index (χ2n) is 2.40. The summed E-state index contributed by atoms with van der Waals surface area (Å²) in [6, 6.07) is 0. The van der Waals surface area contributed by atoms with Crippen LogP contribution in [0.25, 0.3) is 0 Å². The van der Waals surface area contributed by atoms with Crippen molar-refractivity contribution in [1.82, 2.24) is 0 Å². The van der Waals surface area contributed by atoms with E-state index in [0.717, 1.165) is 12.8 Å². The maximum absolute atomic E-state index is 10.1. The summed E-state index contributed by atoms with van der Waals surface area (Å²) in [6.07, 6.45) is 2.38. The Labute approximate surface area is 117 Å². The van der Waals surface area contributed by atoms with Crippen molar-refractivity contribution in [2.45, 2.75) is 39.5 Å². The SMILES string of the molecule is CCCC(=O)OCl.CCCC(=O)OCl.[TeH2]. The molecule has 0 amide bonds. The molecule has 0 N–H and O–H groups in total. The van der Waals surface area contributed by atoms with E-state index in [9.17, 15) is 9.59 Å². The molecule has 0 saturated carbocycles. The third kappa shape index (κ3) is 20.4. The van der Waals surface area contributed by atoms with Gasteiger partial charge < -0.3 is 8.58 Å². The number of carbonyl (C=O) groups excluding carboxylic acids is 2. The third-order valence-electron chi connectivity index (χ3n) is 1.08. The molecule has 0 rings (SSSR count). The zero-order valence-electron chi connectivity index (χ0n) is 8.72. The molecule has 0 aromatic heterocycles. The molecule has 0 fully saturated rings. The monoisotopic (exact) mass is 376 g/mol. The number of rotatable bonds is 4. The van der Waals surface area contributed by atoms with Crippen LogP contribution in [-0.4, -0.2) is 35.6 Å². The van der Waals surface area contributed by atoms with Gasteiger partial charge in [-0.25, -0.2) is 0 Å². The Balaban J connectivity index is -0.000000180. The standard InChI is InChI=1S/2C4H7ClO2.H2Te/c2*1-2-3-4(6)7-5;/h2*2-3H2,1H3;1H2. The molecule has 0 heterocycles. The van der Waals surface area contributed by atoms with Gasteiger partial charge in [-0.05, 0) is 12.8 Å².